The van der Waals surface area contributed by atoms with Gasteiger partial charge in [0.1, 0.15) is 6.61 Å². The molecule has 4 heterocycles. The fraction of sp³-hybridized carbons (Fsp3) is 0.792. The molecule has 32 heavy (non-hydrogen) atoms. The Kier molecular flexibility index (Phi) is 5.56. The second kappa shape index (κ2) is 8.13. The van der Waals surface area contributed by atoms with Gasteiger partial charge in [-0.05, 0) is 64.0 Å². The molecule has 1 spiro atoms. The van der Waals surface area contributed by atoms with Gasteiger partial charge in [-0.1, -0.05) is 6.92 Å². The van der Waals surface area contributed by atoms with E-state index >= 15 is 0 Å². The first-order valence-electron chi connectivity index (χ1n) is 12.1. The van der Waals surface area contributed by atoms with Gasteiger partial charge in [0.25, 0.3) is 0 Å². The van der Waals surface area contributed by atoms with Crippen LogP contribution in [0, 0.1) is 29.1 Å². The third-order valence-corrected chi connectivity index (χ3v) is 9.12. The number of carbonyl (C=O) groups excluding carboxylic acids is 3. The molecule has 4 aliphatic heterocycles. The maximum atomic E-state index is 13.3. The zero-order valence-electron chi connectivity index (χ0n) is 19.0. The molecule has 1 aliphatic carbocycles. The number of ether oxygens (including phenoxy) is 2. The Bertz CT molecular complexity index is 855. The van der Waals surface area contributed by atoms with E-state index in [0.29, 0.717) is 61.6 Å². The number of esters is 2. The van der Waals surface area contributed by atoms with Crippen LogP contribution < -0.4 is 0 Å². The van der Waals surface area contributed by atoms with Gasteiger partial charge in [-0.3, -0.25) is 9.59 Å². The van der Waals surface area contributed by atoms with E-state index in [1.807, 2.05) is 0 Å². The highest BCUT2D eigenvalue weighted by Crippen LogP contribution is 2.46. The van der Waals surface area contributed by atoms with E-state index in [1.165, 1.54) is 0 Å². The summed E-state index contributed by atoms with van der Waals surface area (Å²) in [5.74, 6) is 1.04. The Balaban J connectivity index is 1.17. The molecule has 1 N–H and O–H groups in total. The van der Waals surface area contributed by atoms with E-state index in [2.05, 4.69) is 11.8 Å². The molecule has 5 rings (SSSR count). The number of amides is 1. The predicted octanol–water partition coefficient (Wildman–Crippen LogP) is 1.33. The first kappa shape index (κ1) is 21.9. The van der Waals surface area contributed by atoms with Gasteiger partial charge in [-0.2, -0.15) is 0 Å². The standard InChI is InChI=1S/C24H34N2O6/c1-14-16(3-4-17-18(14)12-31-22(17)29)5-8-25-9-6-24(20(27)11-25)7-10-26(23(24)30)19-13-32-21(28)15(19)2/h14,16-18,20,27H,3-13H2,1-2H3. The third-order valence-electron chi connectivity index (χ3n) is 9.12. The van der Waals surface area contributed by atoms with Crippen LogP contribution in [0.2, 0.25) is 0 Å². The van der Waals surface area contributed by atoms with Gasteiger partial charge in [-0.25, -0.2) is 4.79 Å². The Morgan fingerprint density at radius 2 is 1.91 bits per heavy atom. The number of β-amino-alcohol motifs (C(OH)–C–C–N with tert-alkyl or cyclic N) is 1. The minimum atomic E-state index is -0.748. The molecule has 0 radical (unpaired) electrons. The Morgan fingerprint density at radius 1 is 1.12 bits per heavy atom. The van der Waals surface area contributed by atoms with Crippen LogP contribution in [0.4, 0.5) is 0 Å². The Labute approximate surface area is 188 Å². The van der Waals surface area contributed by atoms with Crippen molar-refractivity contribution in [1.82, 2.24) is 9.80 Å². The van der Waals surface area contributed by atoms with Gasteiger partial charge >= 0.3 is 11.9 Å². The van der Waals surface area contributed by atoms with Gasteiger partial charge < -0.3 is 24.4 Å². The number of likely N-dealkylation sites (tertiary alicyclic amines) is 2. The molecule has 6 unspecified atom stereocenters. The molecule has 0 aromatic heterocycles. The molecule has 8 heteroatoms. The number of carbonyl (C=O) groups is 3. The summed E-state index contributed by atoms with van der Waals surface area (Å²) in [7, 11) is 0. The maximum Gasteiger partial charge on any atom is 0.336 e. The van der Waals surface area contributed by atoms with Crippen molar-refractivity contribution in [2.24, 2.45) is 29.1 Å². The highest BCUT2D eigenvalue weighted by Gasteiger charge is 2.55. The monoisotopic (exact) mass is 446 g/mol. The molecule has 6 atom stereocenters. The average molecular weight is 447 g/mol. The van der Waals surface area contributed by atoms with Crippen LogP contribution in [0.25, 0.3) is 0 Å². The lowest BCUT2D eigenvalue weighted by Crippen LogP contribution is -2.54. The van der Waals surface area contributed by atoms with E-state index in [9.17, 15) is 19.5 Å². The summed E-state index contributed by atoms with van der Waals surface area (Å²) in [5.41, 5.74) is 0.411. The molecule has 176 valence electrons. The summed E-state index contributed by atoms with van der Waals surface area (Å²) >= 11 is 0. The number of hydrogen-bond acceptors (Lipinski definition) is 7. The Hall–Kier alpha value is -1.93. The molecule has 3 saturated heterocycles. The van der Waals surface area contributed by atoms with Gasteiger partial charge in [0.15, 0.2) is 0 Å². The van der Waals surface area contributed by atoms with Crippen LogP contribution in [0.15, 0.2) is 11.3 Å². The summed E-state index contributed by atoms with van der Waals surface area (Å²) in [6.07, 6.45) is 3.57. The van der Waals surface area contributed by atoms with E-state index in [0.717, 1.165) is 32.4 Å². The number of fused-ring (bicyclic) bond motifs is 1. The molecule has 1 saturated carbocycles. The normalized spacial score (nSPS) is 40.3. The van der Waals surface area contributed by atoms with Crippen LogP contribution in [0.1, 0.15) is 46.0 Å². The first-order valence-corrected chi connectivity index (χ1v) is 12.1. The lowest BCUT2D eigenvalue weighted by Gasteiger charge is -2.43. The van der Waals surface area contributed by atoms with Crippen molar-refractivity contribution in [2.45, 2.75) is 52.1 Å². The minimum Gasteiger partial charge on any atom is -0.465 e. The van der Waals surface area contributed by atoms with Crippen LogP contribution in [0.3, 0.4) is 0 Å². The molecule has 8 nitrogen and oxygen atoms in total. The summed E-state index contributed by atoms with van der Waals surface area (Å²) in [6, 6.07) is 0. The molecular weight excluding hydrogens is 412 g/mol. The van der Waals surface area contributed by atoms with Crippen LogP contribution in [0.5, 0.6) is 0 Å². The van der Waals surface area contributed by atoms with Crippen molar-refractivity contribution in [3.05, 3.63) is 11.3 Å². The summed E-state index contributed by atoms with van der Waals surface area (Å²) < 4.78 is 10.4. The van der Waals surface area contributed by atoms with Gasteiger partial charge in [0.2, 0.25) is 5.91 Å². The summed E-state index contributed by atoms with van der Waals surface area (Å²) in [5, 5.41) is 11.1. The number of aliphatic hydroxyl groups is 1. The zero-order chi connectivity index (χ0) is 22.6. The predicted molar refractivity (Wildman–Crippen MR) is 114 cm³/mol. The van der Waals surface area contributed by atoms with E-state index in [1.54, 1.807) is 11.8 Å². The van der Waals surface area contributed by atoms with Crippen LogP contribution in [-0.4, -0.2) is 78.2 Å². The number of rotatable bonds is 4. The number of piperidine rings is 1. The lowest BCUT2D eigenvalue weighted by atomic mass is 9.67. The second-order valence-corrected chi connectivity index (χ2v) is 10.5. The van der Waals surface area contributed by atoms with Crippen molar-refractivity contribution in [3.63, 3.8) is 0 Å². The maximum absolute atomic E-state index is 13.3. The largest absolute Gasteiger partial charge is 0.465 e. The average Bonchev–Trinajstić information content (AvgIpc) is 3.42. The number of nitrogens with zero attached hydrogens (tertiary/aromatic N) is 2. The zero-order valence-corrected chi connectivity index (χ0v) is 19.0. The van der Waals surface area contributed by atoms with Crippen LogP contribution in [-0.2, 0) is 23.9 Å². The minimum absolute atomic E-state index is 0.0143. The molecule has 0 aromatic carbocycles. The molecule has 0 bridgehead atoms. The number of hydrogen-bond donors (Lipinski definition) is 1. The number of aliphatic hydroxyl groups excluding tert-OH is 1. The molecular formula is C24H34N2O6. The van der Waals surface area contributed by atoms with Gasteiger partial charge in [-0.15, -0.1) is 0 Å². The van der Waals surface area contributed by atoms with Crippen LogP contribution >= 0.6 is 0 Å². The highest BCUT2D eigenvalue weighted by molar-refractivity contribution is 5.94. The summed E-state index contributed by atoms with van der Waals surface area (Å²) in [4.78, 5) is 40.9. The van der Waals surface area contributed by atoms with Crippen molar-refractivity contribution in [3.8, 4) is 0 Å². The molecule has 5 aliphatic rings. The molecule has 1 amide bonds. The SMILES string of the molecule is CC1=C(N2CCC3(CCN(CCC4CCC5C(=O)OCC5C4C)CC3O)C2=O)COC1=O. The fourth-order valence-electron chi connectivity index (χ4n) is 6.76. The topological polar surface area (TPSA) is 96.4 Å². The molecule has 4 fully saturated rings. The van der Waals surface area contributed by atoms with Crippen molar-refractivity contribution >= 4 is 17.8 Å². The van der Waals surface area contributed by atoms with Crippen molar-refractivity contribution in [2.75, 3.05) is 39.4 Å². The highest BCUT2D eigenvalue weighted by atomic mass is 16.5. The third kappa shape index (κ3) is 3.37. The fourth-order valence-corrected chi connectivity index (χ4v) is 6.76. The van der Waals surface area contributed by atoms with Gasteiger partial charge in [0, 0.05) is 19.0 Å². The quantitative estimate of drug-likeness (QED) is 0.651. The van der Waals surface area contributed by atoms with E-state index in [4.69, 9.17) is 9.47 Å². The summed E-state index contributed by atoms with van der Waals surface area (Å²) in [6.45, 7) is 7.39. The lowest BCUT2D eigenvalue weighted by molar-refractivity contribution is -0.146. The smallest absolute Gasteiger partial charge is 0.336 e. The van der Waals surface area contributed by atoms with Crippen molar-refractivity contribution < 1.29 is 29.0 Å². The molecule has 0 aromatic rings. The van der Waals surface area contributed by atoms with E-state index < -0.39 is 11.5 Å². The number of cyclic esters (lactones) is 2. The first-order chi connectivity index (χ1) is 15.3. The second-order valence-electron chi connectivity index (χ2n) is 10.5. The van der Waals surface area contributed by atoms with Gasteiger partial charge in [0.05, 0.1) is 35.3 Å². The van der Waals surface area contributed by atoms with E-state index in [-0.39, 0.29) is 30.4 Å². The van der Waals surface area contributed by atoms with Crippen molar-refractivity contribution in [1.29, 1.82) is 0 Å². The Morgan fingerprint density at radius 3 is 2.62 bits per heavy atom.